The highest BCUT2D eigenvalue weighted by atomic mass is 15.1. The molecule has 4 bridgehead atoms. The number of nitrogens with one attached hydrogen (secondary N) is 1. The lowest BCUT2D eigenvalue weighted by Crippen LogP contribution is -2.48. The van der Waals surface area contributed by atoms with Crippen LogP contribution < -0.4 is 5.32 Å². The average molecular weight is 282 g/mol. The molecule has 0 heterocycles. The van der Waals surface area contributed by atoms with Crippen LogP contribution in [0.15, 0.2) is 23.3 Å². The molecule has 5 rings (SSSR count). The van der Waals surface area contributed by atoms with E-state index in [0.717, 1.165) is 29.1 Å². The average Bonchev–Trinajstić information content (AvgIpc) is 2.46. The third kappa shape index (κ3) is 2.01. The van der Waals surface area contributed by atoms with Crippen molar-refractivity contribution in [1.82, 2.24) is 0 Å². The largest absolute Gasteiger partial charge is 0.388 e. The monoisotopic (exact) mass is 282 g/mol. The number of hydrogen-bond acceptors (Lipinski definition) is 2. The van der Waals surface area contributed by atoms with Gasteiger partial charge in [0, 0.05) is 17.6 Å². The van der Waals surface area contributed by atoms with Crippen molar-refractivity contribution in [2.75, 3.05) is 12.4 Å². The zero-order valence-corrected chi connectivity index (χ0v) is 12.5. The van der Waals surface area contributed by atoms with Crippen LogP contribution in [-0.2, 0) is 5.41 Å². The van der Waals surface area contributed by atoms with Crippen LogP contribution in [0.3, 0.4) is 0 Å². The van der Waals surface area contributed by atoms with Gasteiger partial charge in [0.2, 0.25) is 0 Å². The maximum atomic E-state index is 8.80. The van der Waals surface area contributed by atoms with Crippen LogP contribution in [0.1, 0.15) is 44.1 Å². The Morgan fingerprint density at radius 3 is 2.29 bits per heavy atom. The third-order valence-corrected chi connectivity index (χ3v) is 6.07. The summed E-state index contributed by atoms with van der Waals surface area (Å²) in [5, 5.41) is 7.00. The van der Waals surface area contributed by atoms with Crippen LogP contribution in [0.4, 0.5) is 11.4 Å². The fourth-order valence-electron chi connectivity index (χ4n) is 5.67. The van der Waals surface area contributed by atoms with E-state index in [2.05, 4.69) is 33.5 Å². The molecule has 0 aliphatic heterocycles. The van der Waals surface area contributed by atoms with E-state index in [4.69, 9.17) is 5.53 Å². The van der Waals surface area contributed by atoms with Crippen molar-refractivity contribution in [3.05, 3.63) is 34.2 Å². The minimum Gasteiger partial charge on any atom is -0.388 e. The highest BCUT2D eigenvalue weighted by molar-refractivity contribution is 5.66. The number of hydrogen-bond donors (Lipinski definition) is 1. The Kier molecular flexibility index (Phi) is 2.90. The first-order chi connectivity index (χ1) is 10.2. The van der Waals surface area contributed by atoms with Gasteiger partial charge in [0.1, 0.15) is 0 Å². The van der Waals surface area contributed by atoms with Crippen LogP contribution in [0, 0.1) is 17.8 Å². The lowest BCUT2D eigenvalue weighted by atomic mass is 9.48. The van der Waals surface area contributed by atoms with Crippen LogP contribution >= 0.6 is 0 Å². The van der Waals surface area contributed by atoms with E-state index in [-0.39, 0.29) is 0 Å². The first-order valence-corrected chi connectivity index (χ1v) is 8.10. The lowest BCUT2D eigenvalue weighted by molar-refractivity contribution is -0.00516. The summed E-state index contributed by atoms with van der Waals surface area (Å²) < 4.78 is 0. The number of rotatable bonds is 3. The van der Waals surface area contributed by atoms with Gasteiger partial charge in [-0.3, -0.25) is 0 Å². The molecule has 4 heteroatoms. The van der Waals surface area contributed by atoms with E-state index >= 15 is 0 Å². The van der Waals surface area contributed by atoms with E-state index in [1.165, 1.54) is 44.1 Å². The molecule has 1 N–H and O–H groups in total. The molecule has 0 aromatic heterocycles. The zero-order chi connectivity index (χ0) is 14.4. The summed E-state index contributed by atoms with van der Waals surface area (Å²) >= 11 is 0. The molecule has 4 saturated carbocycles. The Balaban J connectivity index is 1.76. The lowest BCUT2D eigenvalue weighted by Gasteiger charge is -2.57. The summed E-state index contributed by atoms with van der Waals surface area (Å²) in [6.45, 7) is 0. The van der Waals surface area contributed by atoms with Gasteiger partial charge in [0.15, 0.2) is 0 Å². The molecule has 4 aliphatic carbocycles. The van der Waals surface area contributed by atoms with Crippen molar-refractivity contribution in [3.63, 3.8) is 0 Å². The third-order valence-electron chi connectivity index (χ3n) is 6.07. The molecule has 4 aliphatic rings. The fraction of sp³-hybridized carbons (Fsp3) is 0.647. The van der Waals surface area contributed by atoms with Crippen molar-refractivity contribution in [2.24, 2.45) is 22.9 Å². The first-order valence-electron chi connectivity index (χ1n) is 8.10. The van der Waals surface area contributed by atoms with E-state index in [0.29, 0.717) is 5.41 Å². The van der Waals surface area contributed by atoms with Crippen LogP contribution in [0.5, 0.6) is 0 Å². The van der Waals surface area contributed by atoms with E-state index in [9.17, 15) is 0 Å². The molecule has 0 unspecified atom stereocenters. The Hall–Kier alpha value is -1.67. The van der Waals surface area contributed by atoms with Crippen molar-refractivity contribution in [3.8, 4) is 0 Å². The maximum Gasteiger partial charge on any atom is 0.0609 e. The van der Waals surface area contributed by atoms with Gasteiger partial charge in [-0.25, -0.2) is 0 Å². The SMILES string of the molecule is CNc1ccc(C23CC4CC(CC(C4)C2)C3)cc1N=[N+]=[N-]. The molecule has 0 atom stereocenters. The summed E-state index contributed by atoms with van der Waals surface area (Å²) in [4.78, 5) is 2.99. The van der Waals surface area contributed by atoms with Gasteiger partial charge >= 0.3 is 0 Å². The Labute approximate surface area is 125 Å². The quantitative estimate of drug-likeness (QED) is 0.466. The second kappa shape index (κ2) is 4.67. The van der Waals surface area contributed by atoms with Gasteiger partial charge in [-0.05, 0) is 84.9 Å². The van der Waals surface area contributed by atoms with Crippen molar-refractivity contribution < 1.29 is 0 Å². The van der Waals surface area contributed by atoms with E-state index in [1.807, 2.05) is 7.05 Å². The number of nitrogens with zero attached hydrogens (tertiary/aromatic N) is 3. The van der Waals surface area contributed by atoms with Gasteiger partial charge < -0.3 is 5.32 Å². The molecule has 1 aromatic rings. The molecule has 21 heavy (non-hydrogen) atoms. The van der Waals surface area contributed by atoms with Gasteiger partial charge in [-0.1, -0.05) is 11.2 Å². The summed E-state index contributed by atoms with van der Waals surface area (Å²) in [6.07, 6.45) is 8.39. The second-order valence-electron chi connectivity index (χ2n) is 7.37. The molecular weight excluding hydrogens is 260 g/mol. The summed E-state index contributed by atoms with van der Waals surface area (Å²) in [5.41, 5.74) is 12.2. The summed E-state index contributed by atoms with van der Waals surface area (Å²) in [6, 6.07) is 6.48. The van der Waals surface area contributed by atoms with Gasteiger partial charge in [0.25, 0.3) is 0 Å². The Morgan fingerprint density at radius 1 is 1.14 bits per heavy atom. The summed E-state index contributed by atoms with van der Waals surface area (Å²) in [5.74, 6) is 2.80. The zero-order valence-electron chi connectivity index (χ0n) is 12.5. The summed E-state index contributed by atoms with van der Waals surface area (Å²) in [7, 11) is 1.87. The molecule has 0 saturated heterocycles. The van der Waals surface area contributed by atoms with E-state index < -0.39 is 0 Å². The minimum atomic E-state index is 0.362. The highest BCUT2D eigenvalue weighted by Crippen LogP contribution is 2.61. The molecule has 1 aromatic carbocycles. The first kappa shape index (κ1) is 13.0. The van der Waals surface area contributed by atoms with E-state index in [1.54, 1.807) is 0 Å². The topological polar surface area (TPSA) is 60.8 Å². The molecule has 4 fully saturated rings. The Bertz CT molecular complexity index is 580. The fourth-order valence-corrected chi connectivity index (χ4v) is 5.67. The minimum absolute atomic E-state index is 0.362. The molecule has 0 amide bonds. The van der Waals surface area contributed by atoms with Crippen molar-refractivity contribution in [1.29, 1.82) is 0 Å². The number of benzene rings is 1. The molecule has 0 radical (unpaired) electrons. The normalized spacial score (nSPS) is 36.3. The molecule has 4 nitrogen and oxygen atoms in total. The predicted octanol–water partition coefficient (Wildman–Crippen LogP) is 5.14. The number of anilines is 1. The van der Waals surface area contributed by atoms with Crippen molar-refractivity contribution >= 4 is 11.4 Å². The molecule has 110 valence electrons. The molecular formula is C17H22N4. The highest BCUT2D eigenvalue weighted by Gasteiger charge is 2.51. The predicted molar refractivity (Wildman–Crippen MR) is 84.6 cm³/mol. The van der Waals surface area contributed by atoms with Gasteiger partial charge in [0.05, 0.1) is 5.69 Å². The van der Waals surface area contributed by atoms with Crippen molar-refractivity contribution in [2.45, 2.75) is 43.9 Å². The van der Waals surface area contributed by atoms with Crippen LogP contribution in [-0.4, -0.2) is 7.05 Å². The standard InChI is InChI=1S/C17H22N4/c1-19-15-3-2-14(7-16(15)20-21-18)17-8-11-4-12(9-17)6-13(5-11)10-17/h2-3,7,11-13,19H,4-6,8-10H2,1H3. The smallest absolute Gasteiger partial charge is 0.0609 e. The second-order valence-corrected chi connectivity index (χ2v) is 7.37. The van der Waals surface area contributed by atoms with Crippen LogP contribution in [0.2, 0.25) is 0 Å². The Morgan fingerprint density at radius 2 is 1.76 bits per heavy atom. The maximum absolute atomic E-state index is 8.80. The van der Waals surface area contributed by atoms with Crippen LogP contribution in [0.25, 0.3) is 10.4 Å². The number of azide groups is 1. The molecule has 0 spiro atoms. The van der Waals surface area contributed by atoms with Gasteiger partial charge in [-0.2, -0.15) is 0 Å². The van der Waals surface area contributed by atoms with Gasteiger partial charge in [-0.15, -0.1) is 0 Å².